The van der Waals surface area contributed by atoms with Crippen molar-refractivity contribution in [1.29, 1.82) is 0 Å². The number of carbonyl (C=O) groups is 15. The topological polar surface area (TPSA) is 397 Å². The fraction of sp³-hybridized carbons (Fsp3) is 0.625. The molecule has 1 rings (SSSR count). The largest absolute Gasteiger partial charge is 0.462 e. The monoisotopic (exact) mass is 1220 g/mol. The second-order valence-corrected chi connectivity index (χ2v) is 19.1. The Hall–Kier alpha value is -8.57. The number of Topliss-reactive ketones (excluding diaryl/α,β-unsaturated/α-hetero) is 2. The lowest BCUT2D eigenvalue weighted by Crippen LogP contribution is -2.55. The van der Waals surface area contributed by atoms with Gasteiger partial charge in [0.1, 0.15) is 19.8 Å². The van der Waals surface area contributed by atoms with Crippen molar-refractivity contribution in [3.63, 3.8) is 0 Å². The number of unbranched alkanes of at least 4 members (excludes halogenated alkanes) is 3. The molecule has 3 amide bonds. The Morgan fingerprint density at radius 3 is 1.12 bits per heavy atom. The molecule has 0 aliphatic carbocycles. The quantitative estimate of drug-likeness (QED) is 0.0472. The van der Waals surface area contributed by atoms with E-state index >= 15 is 0 Å². The highest BCUT2D eigenvalue weighted by Gasteiger charge is 2.48. The molecule has 1 aromatic rings. The summed E-state index contributed by atoms with van der Waals surface area (Å²) in [6, 6.07) is 9.12. The Bertz CT molecular complexity index is 2340. The smallest absolute Gasteiger partial charge is 0.407 e. The normalized spacial score (nSPS) is 13.5. The third-order valence-corrected chi connectivity index (χ3v) is 11.5. The highest BCUT2D eigenvalue weighted by molar-refractivity contribution is 5.88. The first-order chi connectivity index (χ1) is 40.5. The molecule has 30 nitrogen and oxygen atoms in total. The summed E-state index contributed by atoms with van der Waals surface area (Å²) in [7, 11) is 0. The van der Waals surface area contributed by atoms with Gasteiger partial charge >= 0.3 is 65.8 Å². The van der Waals surface area contributed by atoms with Gasteiger partial charge in [0.25, 0.3) is 0 Å². The number of esters is 10. The van der Waals surface area contributed by atoms with E-state index in [1.807, 2.05) is 30.3 Å². The zero-order valence-electron chi connectivity index (χ0n) is 50.1. The van der Waals surface area contributed by atoms with E-state index in [-0.39, 0.29) is 45.6 Å². The number of amides is 3. The van der Waals surface area contributed by atoms with E-state index < -0.39 is 164 Å². The Morgan fingerprint density at radius 2 is 0.744 bits per heavy atom. The molecule has 0 fully saturated rings. The second-order valence-electron chi connectivity index (χ2n) is 19.1. The van der Waals surface area contributed by atoms with Gasteiger partial charge in [0.05, 0.1) is 0 Å². The molecule has 0 unspecified atom stereocenters. The van der Waals surface area contributed by atoms with E-state index in [4.69, 9.17) is 52.1 Å². The van der Waals surface area contributed by atoms with E-state index in [2.05, 4.69) is 16.0 Å². The molecule has 0 saturated carbocycles. The summed E-state index contributed by atoms with van der Waals surface area (Å²) in [5.74, 6) is -12.9. The minimum absolute atomic E-state index is 0.0613. The number of hydrogen-bond acceptors (Lipinski definition) is 27. The molecule has 1 aromatic carbocycles. The van der Waals surface area contributed by atoms with Gasteiger partial charge < -0.3 is 73.0 Å². The first kappa shape index (κ1) is 75.4. The summed E-state index contributed by atoms with van der Waals surface area (Å²) < 4.78 is 57.5. The van der Waals surface area contributed by atoms with Crippen molar-refractivity contribution in [3.8, 4) is 0 Å². The van der Waals surface area contributed by atoms with Crippen molar-refractivity contribution in [2.75, 3.05) is 52.5 Å². The van der Waals surface area contributed by atoms with Gasteiger partial charge in [-0.05, 0) is 24.9 Å². The van der Waals surface area contributed by atoms with E-state index in [0.717, 1.165) is 74.8 Å². The van der Waals surface area contributed by atoms with Crippen LogP contribution < -0.4 is 16.0 Å². The fourth-order valence-electron chi connectivity index (χ4n) is 8.03. The summed E-state index contributed by atoms with van der Waals surface area (Å²) >= 11 is 0. The molecule has 86 heavy (non-hydrogen) atoms. The molecule has 0 radical (unpaired) electrons. The lowest BCUT2D eigenvalue weighted by atomic mass is 9.97. The van der Waals surface area contributed by atoms with Gasteiger partial charge in [0, 0.05) is 128 Å². The van der Waals surface area contributed by atoms with Gasteiger partial charge in [-0.1, -0.05) is 43.2 Å². The van der Waals surface area contributed by atoms with Crippen LogP contribution in [0.3, 0.4) is 0 Å². The zero-order chi connectivity index (χ0) is 64.9. The molecule has 0 spiro atoms. The van der Waals surface area contributed by atoms with Crippen LogP contribution in [-0.2, 0) is 126 Å². The van der Waals surface area contributed by atoms with E-state index in [1.54, 1.807) is 4.90 Å². The standard InChI is InChI=1S/C56H80N4O26/c1-33(61)76-31-46(79-35(3)63)52(83-39(7)67)54(85-41(9)69)50(81-37(5)65)44(71)20-25-57-48(73)22-28-60(27-17-12-11-16-24-59-56(75)78-30-43-18-14-13-15-19-43)29-23-49(74)58-26-21-45(72)51(82-38(6)66)55(86-42(10)70)53(84-40(8)68)47(80-36(4)64)32-77-34(2)62/h13-15,18-19,46-47,50-55H,11-12,16-17,20-32H2,1-10H3,(H,57,73)(H,58,74)(H,59,75)/t46-,47-,50+,51+,52-,53-,54-,55-/m1/s1. The van der Waals surface area contributed by atoms with Crippen LogP contribution in [0.1, 0.15) is 126 Å². The average molecular weight is 1230 g/mol. The van der Waals surface area contributed by atoms with Crippen molar-refractivity contribution in [1.82, 2.24) is 20.9 Å². The highest BCUT2D eigenvalue weighted by Crippen LogP contribution is 2.24. The molecule has 30 heteroatoms. The van der Waals surface area contributed by atoms with Gasteiger partial charge in [0.2, 0.25) is 24.0 Å². The lowest BCUT2D eigenvalue weighted by molar-refractivity contribution is -0.203. The van der Waals surface area contributed by atoms with Crippen LogP contribution >= 0.6 is 0 Å². The predicted molar refractivity (Wildman–Crippen MR) is 292 cm³/mol. The van der Waals surface area contributed by atoms with Gasteiger partial charge in [0.15, 0.2) is 48.2 Å². The molecule has 0 aliphatic rings. The number of carbonyl (C=O) groups excluding carboxylic acids is 15. The molecule has 0 aliphatic heterocycles. The maximum absolute atomic E-state index is 13.8. The first-order valence-electron chi connectivity index (χ1n) is 27.4. The predicted octanol–water partition coefficient (Wildman–Crippen LogP) is 1.29. The van der Waals surface area contributed by atoms with Gasteiger partial charge in [-0.3, -0.25) is 67.1 Å². The van der Waals surface area contributed by atoms with E-state index in [0.29, 0.717) is 38.8 Å². The van der Waals surface area contributed by atoms with Crippen LogP contribution in [0, 0.1) is 0 Å². The molecule has 3 N–H and O–H groups in total. The maximum Gasteiger partial charge on any atom is 0.407 e. The van der Waals surface area contributed by atoms with Crippen molar-refractivity contribution in [2.45, 2.75) is 176 Å². The Balaban J connectivity index is 3.28. The Kier molecular flexibility index (Phi) is 36.4. The Morgan fingerprint density at radius 1 is 0.372 bits per heavy atom. The van der Waals surface area contributed by atoms with Crippen molar-refractivity contribution < 1.29 is 124 Å². The number of hydrogen-bond donors (Lipinski definition) is 3. The summed E-state index contributed by atoms with van der Waals surface area (Å²) in [6.07, 6.45) is -14.7. The van der Waals surface area contributed by atoms with Gasteiger partial charge in [-0.2, -0.15) is 0 Å². The van der Waals surface area contributed by atoms with Crippen LogP contribution in [0.4, 0.5) is 4.79 Å². The third kappa shape index (κ3) is 34.3. The molecular weight excluding hydrogens is 1140 g/mol. The Labute approximate surface area is 497 Å². The molecule has 480 valence electrons. The van der Waals surface area contributed by atoms with Crippen LogP contribution in [-0.4, -0.2) is 195 Å². The third-order valence-electron chi connectivity index (χ3n) is 11.5. The minimum atomic E-state index is -2.02. The first-order valence-corrected chi connectivity index (χ1v) is 27.4. The maximum atomic E-state index is 13.8. The number of ether oxygens (including phenoxy) is 11. The number of rotatable bonds is 41. The van der Waals surface area contributed by atoms with Crippen LogP contribution in [0.25, 0.3) is 0 Å². The number of benzene rings is 1. The van der Waals surface area contributed by atoms with E-state index in [9.17, 15) is 71.9 Å². The van der Waals surface area contributed by atoms with Crippen molar-refractivity contribution in [2.24, 2.45) is 0 Å². The molecule has 8 atom stereocenters. The van der Waals surface area contributed by atoms with E-state index in [1.165, 1.54) is 0 Å². The lowest BCUT2D eigenvalue weighted by Gasteiger charge is -2.34. The highest BCUT2D eigenvalue weighted by atomic mass is 16.7. The van der Waals surface area contributed by atoms with Gasteiger partial charge in [-0.15, -0.1) is 0 Å². The number of ketones is 2. The van der Waals surface area contributed by atoms with Gasteiger partial charge in [-0.25, -0.2) is 4.79 Å². The zero-order valence-corrected chi connectivity index (χ0v) is 50.1. The average Bonchev–Trinajstić information content (AvgIpc) is 1.23. The molecule has 0 saturated heterocycles. The van der Waals surface area contributed by atoms with Crippen LogP contribution in [0.5, 0.6) is 0 Å². The number of alkyl carbamates (subject to hydrolysis) is 1. The molecule has 0 bridgehead atoms. The molecule has 0 aromatic heterocycles. The summed E-state index contributed by atoms with van der Waals surface area (Å²) in [5.41, 5.74) is 0.821. The van der Waals surface area contributed by atoms with Crippen LogP contribution in [0.15, 0.2) is 30.3 Å². The number of nitrogens with zero attached hydrogens (tertiary/aromatic N) is 1. The van der Waals surface area contributed by atoms with Crippen molar-refractivity contribution in [3.05, 3.63) is 35.9 Å². The summed E-state index contributed by atoms with van der Waals surface area (Å²) in [5, 5.41) is 7.84. The second kappa shape index (κ2) is 41.4. The van der Waals surface area contributed by atoms with Crippen LogP contribution in [0.2, 0.25) is 0 Å². The molecule has 0 heterocycles. The summed E-state index contributed by atoms with van der Waals surface area (Å²) in [4.78, 5) is 190. The summed E-state index contributed by atoms with van der Waals surface area (Å²) in [6.45, 7) is 8.27. The molecular formula is C56H80N4O26. The van der Waals surface area contributed by atoms with Crippen molar-refractivity contribution >= 4 is 89.2 Å². The fourth-order valence-corrected chi connectivity index (χ4v) is 8.03. The minimum Gasteiger partial charge on any atom is -0.462 e. The number of nitrogens with one attached hydrogen (secondary N) is 3. The SMILES string of the molecule is CC(=O)OC[C@@H](OC(C)=O)[C@@H](OC(C)=O)[C@H](OC(C)=O)[C@@H](OC(C)=O)C(=O)CCNC(=O)CCN(CCCCCCNC(=O)OCc1ccccc1)CCC(=O)NCCC(=O)[C@H](OC(C)=O)[C@@H](OC(C)=O)[C@H](OC(C)=O)[C@@H](COC(C)=O)OC(C)=O.